The molecule has 1 aromatic rings. The summed E-state index contributed by atoms with van der Waals surface area (Å²) in [6.07, 6.45) is 0.644. The van der Waals surface area contributed by atoms with Gasteiger partial charge in [0.25, 0.3) is 0 Å². The van der Waals surface area contributed by atoms with E-state index in [0.717, 1.165) is 6.07 Å². The molecule has 1 rings (SSSR count). The third-order valence-electron chi connectivity index (χ3n) is 2.95. The van der Waals surface area contributed by atoms with E-state index in [0.29, 0.717) is 6.42 Å². The average molecular weight is 331 g/mol. The lowest BCUT2D eigenvalue weighted by Gasteiger charge is -2.25. The van der Waals surface area contributed by atoms with Gasteiger partial charge >= 0.3 is 5.97 Å². The van der Waals surface area contributed by atoms with Crippen LogP contribution < -0.4 is 4.72 Å². The maximum atomic E-state index is 12.3. The van der Waals surface area contributed by atoms with Crippen molar-refractivity contribution >= 4 is 27.6 Å². The Morgan fingerprint density at radius 2 is 2.14 bits per heavy atom. The van der Waals surface area contributed by atoms with E-state index in [2.05, 4.69) is 4.72 Å². The van der Waals surface area contributed by atoms with Gasteiger partial charge in [-0.3, -0.25) is 4.79 Å². The normalized spacial score (nSPS) is 14.2. The molecule has 1 aromatic carbocycles. The van der Waals surface area contributed by atoms with Crippen LogP contribution in [-0.2, 0) is 14.8 Å². The van der Waals surface area contributed by atoms with Crippen LogP contribution in [0, 0.1) is 11.3 Å². The van der Waals surface area contributed by atoms with Crippen LogP contribution in [0.2, 0.25) is 5.02 Å². The minimum Gasteiger partial charge on any atom is -0.480 e. The highest BCUT2D eigenvalue weighted by atomic mass is 35.5. The second-order valence-electron chi connectivity index (χ2n) is 4.75. The van der Waals surface area contributed by atoms with Gasteiger partial charge in [-0.1, -0.05) is 24.9 Å². The summed E-state index contributed by atoms with van der Waals surface area (Å²) in [6.45, 7) is 3.07. The lowest BCUT2D eigenvalue weighted by Crippen LogP contribution is -2.51. The molecule has 0 spiro atoms. The molecule has 0 saturated carbocycles. The zero-order valence-corrected chi connectivity index (χ0v) is 13.1. The summed E-state index contributed by atoms with van der Waals surface area (Å²) in [6, 6.07) is 5.42. The van der Waals surface area contributed by atoms with Crippen molar-refractivity contribution in [3.8, 4) is 6.07 Å². The fourth-order valence-electron chi connectivity index (χ4n) is 1.81. The van der Waals surface area contributed by atoms with E-state index in [9.17, 15) is 18.3 Å². The maximum Gasteiger partial charge on any atom is 0.324 e. The third kappa shape index (κ3) is 3.94. The number of nitriles is 1. The summed E-state index contributed by atoms with van der Waals surface area (Å²) in [5, 5.41) is 18.0. The van der Waals surface area contributed by atoms with Crippen LogP contribution >= 0.6 is 11.6 Å². The number of nitrogens with zero attached hydrogens (tertiary/aromatic N) is 1. The van der Waals surface area contributed by atoms with Crippen molar-refractivity contribution in [1.29, 1.82) is 5.26 Å². The fourth-order valence-corrected chi connectivity index (χ4v) is 3.52. The van der Waals surface area contributed by atoms with E-state index < -0.39 is 21.5 Å². The van der Waals surface area contributed by atoms with Crippen molar-refractivity contribution in [3.05, 3.63) is 28.8 Å². The van der Waals surface area contributed by atoms with E-state index in [1.165, 1.54) is 19.1 Å². The number of nitrogens with one attached hydrogen (secondary N) is 1. The molecule has 0 saturated heterocycles. The highest BCUT2D eigenvalue weighted by molar-refractivity contribution is 7.89. The number of benzene rings is 1. The number of carbonyl (C=O) groups is 1. The van der Waals surface area contributed by atoms with Crippen molar-refractivity contribution < 1.29 is 18.3 Å². The molecule has 21 heavy (non-hydrogen) atoms. The molecule has 1 atom stereocenters. The maximum absolute atomic E-state index is 12.3. The van der Waals surface area contributed by atoms with Crippen LogP contribution in [0.1, 0.15) is 32.3 Å². The molecule has 114 valence electrons. The molecule has 0 bridgehead atoms. The zero-order chi connectivity index (χ0) is 16.3. The second-order valence-corrected chi connectivity index (χ2v) is 6.84. The van der Waals surface area contributed by atoms with Gasteiger partial charge in [-0.15, -0.1) is 0 Å². The van der Waals surface area contributed by atoms with Gasteiger partial charge in [0.1, 0.15) is 11.6 Å². The first-order chi connectivity index (χ1) is 9.66. The summed E-state index contributed by atoms with van der Waals surface area (Å²) >= 11 is 5.80. The lowest BCUT2D eigenvalue weighted by molar-refractivity contribution is -0.143. The van der Waals surface area contributed by atoms with E-state index >= 15 is 0 Å². The van der Waals surface area contributed by atoms with E-state index in [1.807, 2.05) is 6.07 Å². The van der Waals surface area contributed by atoms with Crippen LogP contribution in [-0.4, -0.2) is 25.0 Å². The molecule has 0 amide bonds. The molecule has 0 aliphatic heterocycles. The zero-order valence-electron chi connectivity index (χ0n) is 11.6. The van der Waals surface area contributed by atoms with E-state index in [1.54, 1.807) is 6.92 Å². The molecule has 1 unspecified atom stereocenters. The van der Waals surface area contributed by atoms with Gasteiger partial charge in [-0.2, -0.15) is 9.98 Å². The molecular weight excluding hydrogens is 316 g/mol. The van der Waals surface area contributed by atoms with Crippen LogP contribution in [0.25, 0.3) is 0 Å². The summed E-state index contributed by atoms with van der Waals surface area (Å²) < 4.78 is 26.7. The van der Waals surface area contributed by atoms with Crippen LogP contribution in [0.5, 0.6) is 0 Å². The standard InChI is InChI=1S/C13H15ClN2O4S/c1-3-6-13(2,12(17)18)16-21(19,20)10-5-4-9(8-15)11(14)7-10/h4-5,7,16H,3,6H2,1-2H3,(H,17,18). The molecule has 0 heterocycles. The molecule has 0 radical (unpaired) electrons. The summed E-state index contributed by atoms with van der Waals surface area (Å²) in [5.74, 6) is -1.26. The monoisotopic (exact) mass is 330 g/mol. The number of rotatable bonds is 6. The first kappa shape index (κ1) is 17.4. The smallest absolute Gasteiger partial charge is 0.324 e. The molecular formula is C13H15ClN2O4S. The van der Waals surface area contributed by atoms with Crippen molar-refractivity contribution in [1.82, 2.24) is 4.72 Å². The molecule has 6 nitrogen and oxygen atoms in total. The Kier molecular flexibility index (Phi) is 5.34. The molecule has 0 aliphatic carbocycles. The fraction of sp³-hybridized carbons (Fsp3) is 0.385. The Hall–Kier alpha value is -1.62. The number of aliphatic carboxylic acids is 1. The Morgan fingerprint density at radius 3 is 2.57 bits per heavy atom. The number of hydrogen-bond donors (Lipinski definition) is 2. The average Bonchev–Trinajstić information content (AvgIpc) is 2.38. The predicted molar refractivity (Wildman–Crippen MR) is 77.4 cm³/mol. The van der Waals surface area contributed by atoms with E-state index in [4.69, 9.17) is 16.9 Å². The summed E-state index contributed by atoms with van der Waals surface area (Å²) in [7, 11) is -4.06. The third-order valence-corrected chi connectivity index (χ3v) is 4.86. The number of hydrogen-bond acceptors (Lipinski definition) is 4. The van der Waals surface area contributed by atoms with Crippen LogP contribution in [0.4, 0.5) is 0 Å². The topological polar surface area (TPSA) is 107 Å². The molecule has 0 aliphatic rings. The van der Waals surface area contributed by atoms with Gasteiger partial charge in [-0.05, 0) is 31.5 Å². The molecule has 2 N–H and O–H groups in total. The van der Waals surface area contributed by atoms with Crippen molar-refractivity contribution in [2.24, 2.45) is 0 Å². The lowest BCUT2D eigenvalue weighted by atomic mass is 9.98. The molecule has 8 heteroatoms. The minimum atomic E-state index is -4.06. The Morgan fingerprint density at radius 1 is 1.52 bits per heavy atom. The number of sulfonamides is 1. The summed E-state index contributed by atoms with van der Waals surface area (Å²) in [4.78, 5) is 11.1. The quantitative estimate of drug-likeness (QED) is 0.830. The second kappa shape index (κ2) is 6.43. The Balaban J connectivity index is 3.20. The first-order valence-corrected chi connectivity index (χ1v) is 7.99. The van der Waals surface area contributed by atoms with Crippen molar-refractivity contribution in [3.63, 3.8) is 0 Å². The molecule has 0 fully saturated rings. The molecule has 0 aromatic heterocycles. The van der Waals surface area contributed by atoms with Gasteiger partial charge in [-0.25, -0.2) is 8.42 Å². The number of carboxylic acid groups (broad SMARTS) is 1. The van der Waals surface area contributed by atoms with Gasteiger partial charge in [0.15, 0.2) is 0 Å². The predicted octanol–water partition coefficient (Wildman–Crippen LogP) is 2.13. The Bertz CT molecular complexity index is 697. The number of carboxylic acids is 1. The van der Waals surface area contributed by atoms with Gasteiger partial charge in [0.2, 0.25) is 10.0 Å². The van der Waals surface area contributed by atoms with Crippen molar-refractivity contribution in [2.45, 2.75) is 37.1 Å². The highest BCUT2D eigenvalue weighted by Crippen LogP contribution is 2.22. The van der Waals surface area contributed by atoms with Crippen molar-refractivity contribution in [2.75, 3.05) is 0 Å². The SMILES string of the molecule is CCCC(C)(NS(=O)(=O)c1ccc(C#N)c(Cl)c1)C(=O)O. The highest BCUT2D eigenvalue weighted by Gasteiger charge is 2.37. The van der Waals surface area contributed by atoms with Crippen LogP contribution in [0.15, 0.2) is 23.1 Å². The van der Waals surface area contributed by atoms with Crippen LogP contribution in [0.3, 0.4) is 0 Å². The first-order valence-electron chi connectivity index (χ1n) is 6.13. The van der Waals surface area contributed by atoms with E-state index in [-0.39, 0.29) is 21.9 Å². The minimum absolute atomic E-state index is 0.00658. The Labute approximate surface area is 128 Å². The summed E-state index contributed by atoms with van der Waals surface area (Å²) in [5.41, 5.74) is -1.46. The largest absolute Gasteiger partial charge is 0.480 e. The van der Waals surface area contributed by atoms with Gasteiger partial charge in [0.05, 0.1) is 15.5 Å². The van der Waals surface area contributed by atoms with Gasteiger partial charge < -0.3 is 5.11 Å². The van der Waals surface area contributed by atoms with Gasteiger partial charge in [0, 0.05) is 0 Å². The number of halogens is 1.